The molecule has 1 aliphatic heterocycles. The van der Waals surface area contributed by atoms with Gasteiger partial charge in [0.2, 0.25) is 0 Å². The molecule has 1 aliphatic rings. The normalized spacial score (nSPS) is 19.3. The highest BCUT2D eigenvalue weighted by Gasteiger charge is 2.16. The van der Waals surface area contributed by atoms with Crippen molar-refractivity contribution >= 4 is 0 Å². The van der Waals surface area contributed by atoms with Crippen LogP contribution >= 0.6 is 0 Å². The van der Waals surface area contributed by atoms with E-state index in [4.69, 9.17) is 5.11 Å². The Kier molecular flexibility index (Phi) is 3.23. The van der Waals surface area contributed by atoms with Crippen LogP contribution in [-0.2, 0) is 6.54 Å². The molecule has 0 atom stereocenters. The summed E-state index contributed by atoms with van der Waals surface area (Å²) in [5.41, 5.74) is 1.21. The van der Waals surface area contributed by atoms with Gasteiger partial charge in [0.15, 0.2) is 0 Å². The topological polar surface area (TPSA) is 43.7 Å². The Morgan fingerprint density at radius 2 is 1.73 bits per heavy atom. The van der Waals surface area contributed by atoms with Gasteiger partial charge in [0.05, 0.1) is 6.10 Å². The summed E-state index contributed by atoms with van der Waals surface area (Å²) in [6.07, 6.45) is 1.64. The van der Waals surface area contributed by atoms with Crippen LogP contribution < -0.4 is 0 Å². The van der Waals surface area contributed by atoms with E-state index in [1.807, 2.05) is 12.1 Å². The molecule has 1 aromatic carbocycles. The quantitative estimate of drug-likeness (QED) is 0.769. The first kappa shape index (κ1) is 10.5. The van der Waals surface area contributed by atoms with Crippen molar-refractivity contribution in [1.29, 1.82) is 0 Å². The molecule has 0 amide bonds. The third-order valence-corrected chi connectivity index (χ3v) is 2.90. The van der Waals surface area contributed by atoms with Gasteiger partial charge in [0, 0.05) is 19.6 Å². The summed E-state index contributed by atoms with van der Waals surface area (Å²) in [4.78, 5) is 2.33. The van der Waals surface area contributed by atoms with E-state index in [1.54, 1.807) is 12.1 Å². The monoisotopic (exact) mass is 207 g/mol. The molecule has 2 rings (SSSR count). The largest absolute Gasteiger partial charge is 0.508 e. The Balaban J connectivity index is 1.89. The molecule has 1 fully saturated rings. The lowest BCUT2D eigenvalue weighted by Gasteiger charge is -2.29. The molecule has 15 heavy (non-hydrogen) atoms. The van der Waals surface area contributed by atoms with Crippen LogP contribution in [0.5, 0.6) is 5.75 Å². The van der Waals surface area contributed by atoms with Crippen molar-refractivity contribution in [2.45, 2.75) is 25.5 Å². The van der Waals surface area contributed by atoms with Crippen LogP contribution in [0.4, 0.5) is 0 Å². The molecule has 1 heterocycles. The van der Waals surface area contributed by atoms with E-state index in [9.17, 15) is 5.11 Å². The molecule has 0 unspecified atom stereocenters. The van der Waals surface area contributed by atoms with Crippen LogP contribution in [0.15, 0.2) is 24.3 Å². The van der Waals surface area contributed by atoms with Crippen molar-refractivity contribution < 1.29 is 10.2 Å². The zero-order valence-corrected chi connectivity index (χ0v) is 8.76. The second kappa shape index (κ2) is 4.64. The molecule has 0 spiro atoms. The molecular weight excluding hydrogens is 190 g/mol. The molecule has 0 bridgehead atoms. The van der Waals surface area contributed by atoms with E-state index >= 15 is 0 Å². The highest BCUT2D eigenvalue weighted by Crippen LogP contribution is 2.15. The van der Waals surface area contributed by atoms with Crippen molar-refractivity contribution in [1.82, 2.24) is 4.90 Å². The molecule has 82 valence electrons. The molecule has 0 saturated carbocycles. The fraction of sp³-hybridized carbons (Fsp3) is 0.500. The lowest BCUT2D eigenvalue weighted by Crippen LogP contribution is -2.35. The van der Waals surface area contributed by atoms with Crippen LogP contribution in [0.1, 0.15) is 18.4 Å². The van der Waals surface area contributed by atoms with Gasteiger partial charge in [-0.2, -0.15) is 0 Å². The Morgan fingerprint density at radius 3 is 2.33 bits per heavy atom. The second-order valence-electron chi connectivity index (χ2n) is 4.17. The summed E-state index contributed by atoms with van der Waals surface area (Å²) >= 11 is 0. The molecule has 2 N–H and O–H groups in total. The van der Waals surface area contributed by atoms with Gasteiger partial charge in [0.1, 0.15) is 5.75 Å². The molecule has 1 saturated heterocycles. The second-order valence-corrected chi connectivity index (χ2v) is 4.17. The third-order valence-electron chi connectivity index (χ3n) is 2.90. The van der Waals surface area contributed by atoms with Gasteiger partial charge in [0.25, 0.3) is 0 Å². The standard InChI is InChI=1S/C12H17NO2/c14-11-3-1-10(2-4-11)9-13-7-5-12(15)6-8-13/h1-4,12,14-15H,5-9H2. The maximum absolute atomic E-state index is 9.37. The predicted octanol–water partition coefficient (Wildman–Crippen LogP) is 1.35. The Labute approximate surface area is 90.0 Å². The van der Waals surface area contributed by atoms with Gasteiger partial charge in [-0.3, -0.25) is 4.90 Å². The average Bonchev–Trinajstić information content (AvgIpc) is 2.25. The number of phenolic OH excluding ortho intramolecular Hbond substituents is 1. The number of rotatable bonds is 2. The van der Waals surface area contributed by atoms with Crippen LogP contribution in [0.3, 0.4) is 0 Å². The van der Waals surface area contributed by atoms with E-state index in [2.05, 4.69) is 4.90 Å². The fourth-order valence-electron chi connectivity index (χ4n) is 1.94. The van der Waals surface area contributed by atoms with Gasteiger partial charge in [-0.25, -0.2) is 0 Å². The van der Waals surface area contributed by atoms with Crippen molar-refractivity contribution in [3.8, 4) is 5.75 Å². The summed E-state index contributed by atoms with van der Waals surface area (Å²) in [6, 6.07) is 7.32. The maximum Gasteiger partial charge on any atom is 0.115 e. The summed E-state index contributed by atoms with van der Waals surface area (Å²) in [6.45, 7) is 2.83. The minimum absolute atomic E-state index is 0.110. The van der Waals surface area contributed by atoms with E-state index in [1.165, 1.54) is 5.56 Å². The number of aromatic hydroxyl groups is 1. The zero-order chi connectivity index (χ0) is 10.7. The van der Waals surface area contributed by atoms with Gasteiger partial charge < -0.3 is 10.2 Å². The number of likely N-dealkylation sites (tertiary alicyclic amines) is 1. The average molecular weight is 207 g/mol. The number of benzene rings is 1. The molecular formula is C12H17NO2. The van der Waals surface area contributed by atoms with Crippen molar-refractivity contribution in [3.63, 3.8) is 0 Å². The highest BCUT2D eigenvalue weighted by atomic mass is 16.3. The molecule has 3 heteroatoms. The van der Waals surface area contributed by atoms with E-state index in [0.717, 1.165) is 32.5 Å². The number of hydrogen-bond donors (Lipinski definition) is 2. The fourth-order valence-corrected chi connectivity index (χ4v) is 1.94. The van der Waals surface area contributed by atoms with Crippen LogP contribution in [-0.4, -0.2) is 34.3 Å². The Bertz CT molecular complexity index is 302. The minimum Gasteiger partial charge on any atom is -0.508 e. The van der Waals surface area contributed by atoms with Crippen molar-refractivity contribution in [2.75, 3.05) is 13.1 Å². The SMILES string of the molecule is Oc1ccc(CN2CCC(O)CC2)cc1. The van der Waals surface area contributed by atoms with Crippen molar-refractivity contribution in [3.05, 3.63) is 29.8 Å². The van der Waals surface area contributed by atoms with E-state index < -0.39 is 0 Å². The number of hydrogen-bond acceptors (Lipinski definition) is 3. The van der Waals surface area contributed by atoms with Gasteiger partial charge in [-0.05, 0) is 30.5 Å². The molecule has 3 nitrogen and oxygen atoms in total. The van der Waals surface area contributed by atoms with E-state index in [-0.39, 0.29) is 6.10 Å². The Hall–Kier alpha value is -1.06. The number of aliphatic hydroxyl groups excluding tert-OH is 1. The third kappa shape index (κ3) is 2.94. The van der Waals surface area contributed by atoms with Gasteiger partial charge in [-0.1, -0.05) is 12.1 Å². The predicted molar refractivity (Wildman–Crippen MR) is 58.6 cm³/mol. The number of nitrogens with zero attached hydrogens (tertiary/aromatic N) is 1. The minimum atomic E-state index is -0.110. The van der Waals surface area contributed by atoms with E-state index in [0.29, 0.717) is 5.75 Å². The Morgan fingerprint density at radius 1 is 1.13 bits per heavy atom. The van der Waals surface area contributed by atoms with Gasteiger partial charge >= 0.3 is 0 Å². The molecule has 1 aromatic rings. The number of piperidine rings is 1. The molecule has 0 radical (unpaired) electrons. The first-order valence-corrected chi connectivity index (χ1v) is 5.42. The lowest BCUT2D eigenvalue weighted by atomic mass is 10.1. The lowest BCUT2D eigenvalue weighted by molar-refractivity contribution is 0.0792. The van der Waals surface area contributed by atoms with Crippen LogP contribution in [0.25, 0.3) is 0 Å². The summed E-state index contributed by atoms with van der Waals surface area (Å²) < 4.78 is 0. The zero-order valence-electron chi connectivity index (χ0n) is 8.76. The van der Waals surface area contributed by atoms with Crippen LogP contribution in [0.2, 0.25) is 0 Å². The maximum atomic E-state index is 9.37. The molecule has 0 aliphatic carbocycles. The highest BCUT2D eigenvalue weighted by molar-refractivity contribution is 5.25. The summed E-state index contributed by atoms with van der Waals surface area (Å²) in [5, 5.41) is 18.5. The number of aliphatic hydroxyl groups is 1. The van der Waals surface area contributed by atoms with Gasteiger partial charge in [-0.15, -0.1) is 0 Å². The smallest absolute Gasteiger partial charge is 0.115 e. The summed E-state index contributed by atoms with van der Waals surface area (Å²) in [5.74, 6) is 0.313. The first-order valence-electron chi connectivity index (χ1n) is 5.42. The molecule has 0 aromatic heterocycles. The van der Waals surface area contributed by atoms with Crippen molar-refractivity contribution in [2.24, 2.45) is 0 Å². The van der Waals surface area contributed by atoms with Crippen LogP contribution in [0, 0.1) is 0 Å². The number of phenols is 1. The summed E-state index contributed by atoms with van der Waals surface area (Å²) in [7, 11) is 0. The first-order chi connectivity index (χ1) is 7.24.